The van der Waals surface area contributed by atoms with Crippen LogP contribution in [0.2, 0.25) is 0 Å². The van der Waals surface area contributed by atoms with Crippen LogP contribution in [0.4, 0.5) is 0 Å². The Morgan fingerprint density at radius 1 is 1.44 bits per heavy atom. The van der Waals surface area contributed by atoms with Crippen LogP contribution in [0.3, 0.4) is 0 Å². The lowest BCUT2D eigenvalue weighted by molar-refractivity contribution is 0.0686. The van der Waals surface area contributed by atoms with Crippen molar-refractivity contribution in [3.05, 3.63) is 11.4 Å². The minimum atomic E-state index is -3.88. The van der Waals surface area contributed by atoms with Gasteiger partial charge >= 0.3 is 5.97 Å². The first-order valence-electron chi connectivity index (χ1n) is 5.32. The van der Waals surface area contributed by atoms with Crippen molar-refractivity contribution in [3.8, 4) is 0 Å². The zero-order valence-electron chi connectivity index (χ0n) is 10.7. The predicted molar refractivity (Wildman–Crippen MR) is 64.9 cm³/mol. The van der Waals surface area contributed by atoms with E-state index in [1.54, 1.807) is 0 Å². The Bertz CT molecular complexity index is 554. The molecule has 0 radical (unpaired) electrons. The number of rotatable bonds is 4. The van der Waals surface area contributed by atoms with E-state index in [4.69, 9.17) is 5.11 Å². The highest BCUT2D eigenvalue weighted by Gasteiger charge is 2.29. The third-order valence-corrected chi connectivity index (χ3v) is 3.72. The summed E-state index contributed by atoms with van der Waals surface area (Å²) in [6.07, 6.45) is 0. The lowest BCUT2D eigenvalue weighted by Gasteiger charge is -2.18. The Kier molecular flexibility index (Phi) is 3.82. The summed E-state index contributed by atoms with van der Waals surface area (Å²) < 4.78 is 26.5. The van der Waals surface area contributed by atoms with Crippen molar-refractivity contribution in [2.75, 3.05) is 6.54 Å². The van der Waals surface area contributed by atoms with Gasteiger partial charge in [-0.2, -0.15) is 5.10 Å². The van der Waals surface area contributed by atoms with E-state index in [1.807, 2.05) is 20.8 Å². The summed E-state index contributed by atoms with van der Waals surface area (Å²) in [5.41, 5.74) is -0.531. The lowest BCUT2D eigenvalue weighted by Crippen LogP contribution is -2.33. The molecule has 0 aromatic carbocycles. The molecule has 102 valence electrons. The summed E-state index contributed by atoms with van der Waals surface area (Å²) in [4.78, 5) is 10.6. The van der Waals surface area contributed by atoms with Crippen LogP contribution in [0.1, 0.15) is 37.0 Å². The SMILES string of the molecule is Cc1[nH]nc(C(=O)O)c1S(=O)(=O)NCC(C)(C)C. The van der Waals surface area contributed by atoms with Gasteiger partial charge in [0.25, 0.3) is 0 Å². The fraction of sp³-hybridized carbons (Fsp3) is 0.600. The number of carbonyl (C=O) groups is 1. The Labute approximate surface area is 106 Å². The van der Waals surface area contributed by atoms with E-state index in [0.717, 1.165) is 0 Å². The first-order chi connectivity index (χ1) is 8.04. The van der Waals surface area contributed by atoms with Crippen molar-refractivity contribution in [2.45, 2.75) is 32.6 Å². The molecule has 0 bridgehead atoms. The van der Waals surface area contributed by atoms with Crippen molar-refractivity contribution >= 4 is 16.0 Å². The molecule has 0 unspecified atom stereocenters. The third kappa shape index (κ3) is 3.30. The molecule has 0 amide bonds. The fourth-order valence-corrected chi connectivity index (χ4v) is 2.88. The summed E-state index contributed by atoms with van der Waals surface area (Å²) in [6, 6.07) is 0. The number of aromatic amines is 1. The molecule has 0 aliphatic heterocycles. The molecule has 1 aromatic rings. The van der Waals surface area contributed by atoms with Gasteiger partial charge in [-0.3, -0.25) is 5.10 Å². The van der Waals surface area contributed by atoms with Crippen molar-refractivity contribution in [3.63, 3.8) is 0 Å². The molecule has 0 atom stereocenters. The topological polar surface area (TPSA) is 112 Å². The van der Waals surface area contributed by atoms with Crippen LogP contribution < -0.4 is 4.72 Å². The predicted octanol–water partition coefficient (Wildman–Crippen LogP) is 0.741. The number of H-pyrrole nitrogens is 1. The maximum atomic E-state index is 12.1. The number of aromatic nitrogens is 2. The van der Waals surface area contributed by atoms with Crippen LogP contribution in [-0.4, -0.2) is 36.2 Å². The normalized spacial score (nSPS) is 12.7. The van der Waals surface area contributed by atoms with Crippen LogP contribution in [0.15, 0.2) is 4.90 Å². The zero-order chi connectivity index (χ0) is 14.1. The number of aryl methyl sites for hydroxylation is 1. The van der Waals surface area contributed by atoms with Gasteiger partial charge in [-0.15, -0.1) is 0 Å². The van der Waals surface area contributed by atoms with Crippen molar-refractivity contribution in [1.29, 1.82) is 0 Å². The van der Waals surface area contributed by atoms with Crippen LogP contribution in [0.25, 0.3) is 0 Å². The van der Waals surface area contributed by atoms with Gasteiger partial charge < -0.3 is 5.11 Å². The smallest absolute Gasteiger partial charge is 0.357 e. The van der Waals surface area contributed by atoms with Gasteiger partial charge in [0.05, 0.1) is 5.69 Å². The number of nitrogens with zero attached hydrogens (tertiary/aromatic N) is 1. The van der Waals surface area contributed by atoms with Gasteiger partial charge in [-0.25, -0.2) is 17.9 Å². The summed E-state index contributed by atoms with van der Waals surface area (Å²) in [6.45, 7) is 7.28. The number of hydrogen-bond acceptors (Lipinski definition) is 4. The van der Waals surface area contributed by atoms with E-state index in [2.05, 4.69) is 14.9 Å². The molecular weight excluding hydrogens is 258 g/mol. The highest BCUT2D eigenvalue weighted by molar-refractivity contribution is 7.89. The van der Waals surface area contributed by atoms with Crippen molar-refractivity contribution in [2.24, 2.45) is 5.41 Å². The molecule has 1 aromatic heterocycles. The standard InChI is InChI=1S/C10H17N3O4S/c1-6-8(7(9(14)15)13-12-6)18(16,17)11-5-10(2,3)4/h11H,5H2,1-4H3,(H,12,13)(H,14,15). The molecule has 0 spiro atoms. The molecule has 18 heavy (non-hydrogen) atoms. The molecule has 1 rings (SSSR count). The second-order valence-corrected chi connectivity index (χ2v) is 6.92. The number of nitrogens with one attached hydrogen (secondary N) is 2. The van der Waals surface area contributed by atoms with Gasteiger partial charge in [-0.1, -0.05) is 20.8 Å². The number of carboxylic acid groups (broad SMARTS) is 1. The zero-order valence-corrected chi connectivity index (χ0v) is 11.6. The molecule has 1 heterocycles. The molecule has 0 saturated heterocycles. The number of sulfonamides is 1. The van der Waals surface area contributed by atoms with E-state index in [1.165, 1.54) is 6.92 Å². The number of carboxylic acids is 1. The minimum Gasteiger partial charge on any atom is -0.476 e. The Morgan fingerprint density at radius 3 is 2.44 bits per heavy atom. The minimum absolute atomic E-state index is 0.203. The molecule has 8 heteroatoms. The summed E-state index contributed by atoms with van der Waals surface area (Å²) in [5, 5.41) is 14.7. The quantitative estimate of drug-likeness (QED) is 0.750. The van der Waals surface area contributed by atoms with Crippen LogP contribution in [-0.2, 0) is 10.0 Å². The van der Waals surface area contributed by atoms with E-state index in [0.29, 0.717) is 0 Å². The number of hydrogen-bond donors (Lipinski definition) is 3. The molecule has 3 N–H and O–H groups in total. The second kappa shape index (κ2) is 4.69. The van der Waals surface area contributed by atoms with Gasteiger partial charge in [0.15, 0.2) is 5.69 Å². The Balaban J connectivity index is 3.13. The Hall–Kier alpha value is -1.41. The molecule has 0 saturated carbocycles. The molecule has 0 fully saturated rings. The largest absolute Gasteiger partial charge is 0.476 e. The average molecular weight is 275 g/mol. The molecule has 0 aliphatic carbocycles. The fourth-order valence-electron chi connectivity index (χ4n) is 1.28. The van der Waals surface area contributed by atoms with Gasteiger partial charge in [0, 0.05) is 6.54 Å². The van der Waals surface area contributed by atoms with Crippen LogP contribution in [0, 0.1) is 12.3 Å². The first-order valence-corrected chi connectivity index (χ1v) is 6.81. The van der Waals surface area contributed by atoms with Crippen LogP contribution >= 0.6 is 0 Å². The average Bonchev–Trinajstić information content (AvgIpc) is 2.57. The summed E-state index contributed by atoms with van der Waals surface area (Å²) in [7, 11) is -3.88. The third-order valence-electron chi connectivity index (χ3n) is 2.15. The van der Waals surface area contributed by atoms with Crippen molar-refractivity contribution in [1.82, 2.24) is 14.9 Å². The second-order valence-electron chi connectivity index (χ2n) is 5.22. The first kappa shape index (κ1) is 14.7. The summed E-state index contributed by atoms with van der Waals surface area (Å²) in [5.74, 6) is -1.38. The highest BCUT2D eigenvalue weighted by atomic mass is 32.2. The monoisotopic (exact) mass is 275 g/mol. The lowest BCUT2D eigenvalue weighted by atomic mass is 9.98. The van der Waals surface area contributed by atoms with E-state index in [9.17, 15) is 13.2 Å². The molecule has 0 aliphatic rings. The maximum absolute atomic E-state index is 12.1. The molecule has 7 nitrogen and oxygen atoms in total. The van der Waals surface area contributed by atoms with Gasteiger partial charge in [0.1, 0.15) is 4.90 Å². The molecular formula is C10H17N3O4S. The van der Waals surface area contributed by atoms with Gasteiger partial charge in [0.2, 0.25) is 10.0 Å². The summed E-state index contributed by atoms with van der Waals surface area (Å²) >= 11 is 0. The van der Waals surface area contributed by atoms with E-state index in [-0.39, 0.29) is 22.5 Å². The highest BCUT2D eigenvalue weighted by Crippen LogP contribution is 2.19. The maximum Gasteiger partial charge on any atom is 0.357 e. The van der Waals surface area contributed by atoms with Gasteiger partial charge in [-0.05, 0) is 12.3 Å². The Morgan fingerprint density at radius 2 is 2.00 bits per heavy atom. The van der Waals surface area contributed by atoms with E-state index < -0.39 is 21.7 Å². The van der Waals surface area contributed by atoms with E-state index >= 15 is 0 Å². The van der Waals surface area contributed by atoms with Crippen molar-refractivity contribution < 1.29 is 18.3 Å². The van der Waals surface area contributed by atoms with Crippen LogP contribution in [0.5, 0.6) is 0 Å². The number of aromatic carboxylic acids is 1.